The summed E-state index contributed by atoms with van der Waals surface area (Å²) in [5.74, 6) is -0.461. The van der Waals surface area contributed by atoms with Gasteiger partial charge in [0.2, 0.25) is 0 Å². The monoisotopic (exact) mass is 656 g/mol. The van der Waals surface area contributed by atoms with E-state index in [0.29, 0.717) is 18.8 Å². The van der Waals surface area contributed by atoms with Crippen molar-refractivity contribution < 1.29 is 39.1 Å². The van der Waals surface area contributed by atoms with Crippen molar-refractivity contribution in [1.82, 2.24) is 0 Å². The number of unbranched alkanes of at least 4 members (excludes halogenated alkanes) is 14. The normalized spacial score (nSPS) is 11.7. The van der Waals surface area contributed by atoms with E-state index in [1.807, 2.05) is 6.07 Å². The molecule has 0 spiro atoms. The molecular formula is C28H46FIrNO3. The molecule has 6 heteroatoms. The minimum absolute atomic E-state index is 0. The molecule has 0 aliphatic carbocycles. The van der Waals surface area contributed by atoms with Gasteiger partial charge in [-0.1, -0.05) is 96.8 Å². The first-order chi connectivity index (χ1) is 16.2. The number of halogens is 1. The molecule has 1 rings (SSSR count). The largest absolute Gasteiger partial charge is 0.394 e. The first-order valence-electron chi connectivity index (χ1n) is 13.2. The summed E-state index contributed by atoms with van der Waals surface area (Å²) in [7, 11) is 0. The van der Waals surface area contributed by atoms with Crippen molar-refractivity contribution in [2.45, 2.75) is 116 Å². The van der Waals surface area contributed by atoms with Crippen LogP contribution in [-0.4, -0.2) is 31.0 Å². The van der Waals surface area contributed by atoms with Crippen LogP contribution >= 0.6 is 0 Å². The molecule has 1 aromatic carbocycles. The molecule has 34 heavy (non-hydrogen) atoms. The molecule has 4 nitrogen and oxygen atoms in total. The Kier molecular flexibility index (Phi) is 23.3. The molecule has 1 aromatic rings. The molecule has 0 saturated heterocycles. The fourth-order valence-corrected chi connectivity index (χ4v) is 3.96. The first-order valence-corrected chi connectivity index (χ1v) is 13.2. The van der Waals surface area contributed by atoms with E-state index in [9.17, 15) is 9.50 Å². The van der Waals surface area contributed by atoms with E-state index in [1.165, 1.54) is 102 Å². The van der Waals surface area contributed by atoms with Gasteiger partial charge >= 0.3 is 0 Å². The maximum absolute atomic E-state index is 13.5. The second-order valence-corrected chi connectivity index (χ2v) is 9.10. The number of rotatable bonds is 22. The fourth-order valence-electron chi connectivity index (χ4n) is 3.96. The van der Waals surface area contributed by atoms with Crippen molar-refractivity contribution in [3.63, 3.8) is 0 Å². The van der Waals surface area contributed by atoms with Crippen LogP contribution in [0.25, 0.3) is 0 Å². The average Bonchev–Trinajstić information content (AvgIpc) is 2.82. The van der Waals surface area contributed by atoms with Gasteiger partial charge in [-0.15, -0.1) is 0 Å². The maximum Gasteiger partial charge on any atom is 0.124 e. The Labute approximate surface area is 221 Å². The predicted octanol–water partition coefficient (Wildman–Crippen LogP) is 7.46. The molecule has 1 unspecified atom stereocenters. The molecule has 0 saturated carbocycles. The van der Waals surface area contributed by atoms with Crippen LogP contribution in [0.3, 0.4) is 0 Å². The predicted molar refractivity (Wildman–Crippen MR) is 133 cm³/mol. The van der Waals surface area contributed by atoms with Crippen molar-refractivity contribution in [1.29, 1.82) is 5.26 Å². The molecule has 0 aliphatic rings. The van der Waals surface area contributed by atoms with Gasteiger partial charge in [0.05, 0.1) is 31.5 Å². The van der Waals surface area contributed by atoms with Crippen LogP contribution in [0.15, 0.2) is 18.2 Å². The van der Waals surface area contributed by atoms with E-state index >= 15 is 0 Å². The third-order valence-electron chi connectivity index (χ3n) is 5.97. The first kappa shape index (κ1) is 33.2. The van der Waals surface area contributed by atoms with Gasteiger partial charge in [0, 0.05) is 26.7 Å². The summed E-state index contributed by atoms with van der Waals surface area (Å²) in [5.41, 5.74) is 0.839. The van der Waals surface area contributed by atoms with Crippen molar-refractivity contribution in [3.05, 3.63) is 35.1 Å². The van der Waals surface area contributed by atoms with E-state index in [2.05, 4.69) is 6.92 Å². The quantitative estimate of drug-likeness (QED) is 0.132. The topological polar surface area (TPSA) is 62.5 Å². The summed E-state index contributed by atoms with van der Waals surface area (Å²) in [6.07, 6.45) is 19.6. The fraction of sp³-hybridized carbons (Fsp3) is 0.750. The Hall–Kier alpha value is -0.831. The molecule has 0 bridgehead atoms. The van der Waals surface area contributed by atoms with Crippen LogP contribution in [0.2, 0.25) is 0 Å². The van der Waals surface area contributed by atoms with Crippen LogP contribution in [0.5, 0.6) is 0 Å². The summed E-state index contributed by atoms with van der Waals surface area (Å²) in [5, 5.41) is 18.4. The van der Waals surface area contributed by atoms with Crippen molar-refractivity contribution in [2.75, 3.05) is 19.8 Å². The van der Waals surface area contributed by atoms with Gasteiger partial charge in [-0.2, -0.15) is 5.26 Å². The minimum Gasteiger partial charge on any atom is -0.394 e. The molecule has 1 radical (unpaired) electrons. The molecule has 1 atom stereocenters. The van der Waals surface area contributed by atoms with Gasteiger partial charge in [0.1, 0.15) is 11.9 Å². The second-order valence-electron chi connectivity index (χ2n) is 9.10. The number of aliphatic hydroxyl groups is 1. The van der Waals surface area contributed by atoms with Crippen LogP contribution in [0, 0.1) is 17.1 Å². The van der Waals surface area contributed by atoms with Crippen LogP contribution in [0.4, 0.5) is 4.39 Å². The van der Waals surface area contributed by atoms with Crippen molar-refractivity contribution in [3.8, 4) is 6.07 Å². The third kappa shape index (κ3) is 18.5. The zero-order valence-electron chi connectivity index (χ0n) is 21.2. The van der Waals surface area contributed by atoms with Gasteiger partial charge in [0.15, 0.2) is 0 Å². The molecule has 0 aromatic heterocycles. The molecule has 0 fully saturated rings. The number of aliphatic hydroxyl groups excluding tert-OH is 1. The molecular weight excluding hydrogens is 610 g/mol. The minimum atomic E-state index is -0.461. The maximum atomic E-state index is 13.5. The standard InChI is InChI=1S/C28H46FNO3.Ir/c1-2-3-4-5-6-7-8-9-10-11-12-13-14-15-16-17-32-24-28(22-31)33-23-26-18-25(21-30)19-27(29)20-26;/h18-20,28,31H,2-17,22-24H2,1H3;. The zero-order valence-corrected chi connectivity index (χ0v) is 23.6. The number of hydrogen-bond acceptors (Lipinski definition) is 4. The number of hydrogen-bond donors (Lipinski definition) is 1. The van der Waals surface area contributed by atoms with Gasteiger partial charge in [-0.05, 0) is 30.2 Å². The Bertz CT molecular complexity index is 639. The Morgan fingerprint density at radius 2 is 1.38 bits per heavy atom. The smallest absolute Gasteiger partial charge is 0.124 e. The van der Waals surface area contributed by atoms with E-state index < -0.39 is 11.9 Å². The number of ether oxygens (including phenoxy) is 2. The molecule has 0 amide bonds. The summed E-state index contributed by atoms with van der Waals surface area (Å²) >= 11 is 0. The van der Waals surface area contributed by atoms with Gasteiger partial charge in [0.25, 0.3) is 0 Å². The summed E-state index contributed by atoms with van der Waals surface area (Å²) < 4.78 is 24.7. The zero-order chi connectivity index (χ0) is 24.0. The van der Waals surface area contributed by atoms with Crippen molar-refractivity contribution in [2.24, 2.45) is 0 Å². The Morgan fingerprint density at radius 1 is 0.853 bits per heavy atom. The van der Waals surface area contributed by atoms with Gasteiger partial charge in [-0.25, -0.2) is 4.39 Å². The van der Waals surface area contributed by atoms with E-state index in [1.54, 1.807) is 6.07 Å². The number of benzene rings is 1. The van der Waals surface area contributed by atoms with Crippen molar-refractivity contribution >= 4 is 0 Å². The van der Waals surface area contributed by atoms with Crippen LogP contribution < -0.4 is 0 Å². The second kappa shape index (κ2) is 23.9. The summed E-state index contributed by atoms with van der Waals surface area (Å²) in [6, 6.07) is 6.05. The number of nitriles is 1. The van der Waals surface area contributed by atoms with Gasteiger partial charge < -0.3 is 14.6 Å². The summed E-state index contributed by atoms with van der Waals surface area (Å²) in [4.78, 5) is 0. The van der Waals surface area contributed by atoms with Gasteiger partial charge in [-0.3, -0.25) is 0 Å². The number of nitrogens with zero attached hydrogens (tertiary/aromatic N) is 1. The Morgan fingerprint density at radius 3 is 1.88 bits per heavy atom. The van der Waals surface area contributed by atoms with E-state index in [0.717, 1.165) is 6.42 Å². The molecule has 0 heterocycles. The molecule has 197 valence electrons. The molecule has 1 N–H and O–H groups in total. The van der Waals surface area contributed by atoms with E-state index in [4.69, 9.17) is 14.7 Å². The molecule has 0 aliphatic heterocycles. The average molecular weight is 656 g/mol. The van der Waals surface area contributed by atoms with Crippen LogP contribution in [0.1, 0.15) is 114 Å². The summed E-state index contributed by atoms with van der Waals surface area (Å²) in [6.45, 7) is 3.23. The van der Waals surface area contributed by atoms with Crippen LogP contribution in [-0.2, 0) is 36.2 Å². The SMILES string of the molecule is CCCCCCCCCCCCCCCCCOCC(CO)OCc1cc(F)cc(C#N)c1.[Ir]. The van der Waals surface area contributed by atoms with E-state index in [-0.39, 0.29) is 38.9 Å². The third-order valence-corrected chi connectivity index (χ3v) is 5.97. The Balaban J connectivity index is 0.0000109.